The van der Waals surface area contributed by atoms with Crippen molar-refractivity contribution in [1.82, 2.24) is 19.7 Å². The number of nitrogens with zero attached hydrogens (tertiary/aromatic N) is 4. The predicted octanol–water partition coefficient (Wildman–Crippen LogP) is 1.10. The number of aryl methyl sites for hydroxylation is 2. The number of carbonyl (C=O) groups excluding carboxylic acids is 1. The second-order valence-electron chi connectivity index (χ2n) is 4.40. The van der Waals surface area contributed by atoms with Crippen LogP contribution in [0, 0.1) is 13.8 Å². The summed E-state index contributed by atoms with van der Waals surface area (Å²) in [4.78, 5) is 20.4. The van der Waals surface area contributed by atoms with Crippen LogP contribution in [0.2, 0.25) is 0 Å². The maximum Gasteiger partial charge on any atom is 0.319 e. The van der Waals surface area contributed by atoms with E-state index in [1.165, 1.54) is 20.4 Å². The molecule has 0 bridgehead atoms. The monoisotopic (exact) mass is 291 g/mol. The third-order valence-electron chi connectivity index (χ3n) is 3.09. The van der Waals surface area contributed by atoms with Crippen LogP contribution in [0.5, 0.6) is 11.9 Å². The van der Waals surface area contributed by atoms with Gasteiger partial charge in [0, 0.05) is 12.7 Å². The Morgan fingerprint density at radius 1 is 1.29 bits per heavy atom. The Balaban J connectivity index is 2.31. The van der Waals surface area contributed by atoms with E-state index in [9.17, 15) is 4.79 Å². The fourth-order valence-electron chi connectivity index (χ4n) is 1.98. The highest BCUT2D eigenvalue weighted by molar-refractivity contribution is 6.06. The van der Waals surface area contributed by atoms with Gasteiger partial charge in [-0.3, -0.25) is 9.48 Å². The van der Waals surface area contributed by atoms with Crippen molar-refractivity contribution in [1.29, 1.82) is 0 Å². The average Bonchev–Trinajstić information content (AvgIpc) is 2.72. The van der Waals surface area contributed by atoms with Crippen LogP contribution in [0.15, 0.2) is 6.20 Å². The maximum atomic E-state index is 12.4. The van der Waals surface area contributed by atoms with Gasteiger partial charge in [0.2, 0.25) is 5.88 Å². The molecule has 112 valence electrons. The lowest BCUT2D eigenvalue weighted by molar-refractivity contribution is 0.102. The highest BCUT2D eigenvalue weighted by Gasteiger charge is 2.19. The molecule has 1 N–H and O–H groups in total. The van der Waals surface area contributed by atoms with Gasteiger partial charge in [0.25, 0.3) is 5.91 Å². The molecule has 0 saturated carbocycles. The molecule has 0 saturated heterocycles. The van der Waals surface area contributed by atoms with Crippen molar-refractivity contribution >= 4 is 11.6 Å². The zero-order chi connectivity index (χ0) is 15.6. The van der Waals surface area contributed by atoms with E-state index in [1.807, 2.05) is 6.92 Å². The van der Waals surface area contributed by atoms with Crippen LogP contribution in [0.3, 0.4) is 0 Å². The topological polar surface area (TPSA) is 91.2 Å². The van der Waals surface area contributed by atoms with Crippen LogP contribution in [0.25, 0.3) is 0 Å². The molecule has 0 atom stereocenters. The first-order valence-corrected chi connectivity index (χ1v) is 6.24. The predicted molar refractivity (Wildman–Crippen MR) is 75.8 cm³/mol. The number of amides is 1. The summed E-state index contributed by atoms with van der Waals surface area (Å²) < 4.78 is 11.7. The Morgan fingerprint density at radius 2 is 2.00 bits per heavy atom. The Morgan fingerprint density at radius 3 is 2.52 bits per heavy atom. The number of aromatic nitrogens is 4. The van der Waals surface area contributed by atoms with Gasteiger partial charge in [-0.1, -0.05) is 0 Å². The first-order chi connectivity index (χ1) is 9.97. The van der Waals surface area contributed by atoms with E-state index < -0.39 is 0 Å². The summed E-state index contributed by atoms with van der Waals surface area (Å²) in [5.41, 5.74) is 2.32. The highest BCUT2D eigenvalue weighted by atomic mass is 16.5. The van der Waals surface area contributed by atoms with Crippen molar-refractivity contribution in [3.05, 3.63) is 23.1 Å². The fourth-order valence-corrected chi connectivity index (χ4v) is 1.98. The first kappa shape index (κ1) is 14.8. The van der Waals surface area contributed by atoms with Crippen molar-refractivity contribution in [2.45, 2.75) is 13.8 Å². The van der Waals surface area contributed by atoms with E-state index in [0.29, 0.717) is 16.9 Å². The summed E-state index contributed by atoms with van der Waals surface area (Å²) in [7, 11) is 4.70. The molecule has 21 heavy (non-hydrogen) atoms. The summed E-state index contributed by atoms with van der Waals surface area (Å²) in [5, 5.41) is 6.94. The van der Waals surface area contributed by atoms with Gasteiger partial charge in [-0.05, 0) is 13.8 Å². The van der Waals surface area contributed by atoms with Gasteiger partial charge >= 0.3 is 6.01 Å². The van der Waals surface area contributed by atoms with Crippen LogP contribution in [-0.4, -0.2) is 39.9 Å². The molecule has 0 unspecified atom stereocenters. The molecule has 0 aliphatic rings. The second-order valence-corrected chi connectivity index (χ2v) is 4.40. The van der Waals surface area contributed by atoms with Crippen molar-refractivity contribution in [2.75, 3.05) is 19.5 Å². The number of carbonyl (C=O) groups is 1. The number of methoxy groups -OCH3 is 2. The Bertz CT molecular complexity index is 681. The van der Waals surface area contributed by atoms with E-state index in [2.05, 4.69) is 20.4 Å². The van der Waals surface area contributed by atoms with Crippen molar-refractivity contribution in [3.63, 3.8) is 0 Å². The molecule has 0 aliphatic carbocycles. The molecule has 2 aromatic heterocycles. The lowest BCUT2D eigenvalue weighted by Crippen LogP contribution is -2.15. The summed E-state index contributed by atoms with van der Waals surface area (Å²) in [6.07, 6.45) is 1.43. The number of hydrogen-bond donors (Lipinski definition) is 1. The van der Waals surface area contributed by atoms with Gasteiger partial charge in [0.05, 0.1) is 31.7 Å². The Labute approximate surface area is 122 Å². The first-order valence-electron chi connectivity index (χ1n) is 6.24. The molecular formula is C13H17N5O3. The smallest absolute Gasteiger partial charge is 0.319 e. The summed E-state index contributed by atoms with van der Waals surface area (Å²) in [6.45, 7) is 3.61. The van der Waals surface area contributed by atoms with E-state index in [0.717, 1.165) is 5.69 Å². The molecule has 2 rings (SSSR count). The minimum atomic E-state index is -0.287. The number of rotatable bonds is 4. The normalized spacial score (nSPS) is 10.3. The molecule has 1 amide bonds. The molecule has 8 heteroatoms. The van der Waals surface area contributed by atoms with E-state index in [4.69, 9.17) is 9.47 Å². The molecule has 0 radical (unpaired) electrons. The number of anilines is 1. The van der Waals surface area contributed by atoms with Gasteiger partial charge < -0.3 is 14.8 Å². The second kappa shape index (κ2) is 5.78. The molecule has 2 heterocycles. The van der Waals surface area contributed by atoms with E-state index in [1.54, 1.807) is 18.7 Å². The van der Waals surface area contributed by atoms with Gasteiger partial charge in [-0.2, -0.15) is 10.1 Å². The van der Waals surface area contributed by atoms with Crippen LogP contribution >= 0.6 is 0 Å². The van der Waals surface area contributed by atoms with Gasteiger partial charge in [-0.25, -0.2) is 4.98 Å². The quantitative estimate of drug-likeness (QED) is 0.907. The van der Waals surface area contributed by atoms with Crippen LogP contribution in [-0.2, 0) is 7.05 Å². The van der Waals surface area contributed by atoms with E-state index >= 15 is 0 Å². The zero-order valence-electron chi connectivity index (χ0n) is 12.6. The zero-order valence-corrected chi connectivity index (χ0v) is 12.6. The molecule has 0 spiro atoms. The van der Waals surface area contributed by atoms with Gasteiger partial charge in [-0.15, -0.1) is 0 Å². The minimum absolute atomic E-state index is 0.165. The van der Waals surface area contributed by atoms with Crippen molar-refractivity contribution in [2.24, 2.45) is 7.05 Å². The molecular weight excluding hydrogens is 274 g/mol. The van der Waals surface area contributed by atoms with Crippen molar-refractivity contribution < 1.29 is 14.3 Å². The van der Waals surface area contributed by atoms with Crippen LogP contribution < -0.4 is 14.8 Å². The minimum Gasteiger partial charge on any atom is -0.479 e. The van der Waals surface area contributed by atoms with Crippen molar-refractivity contribution in [3.8, 4) is 11.9 Å². The number of nitrogens with one attached hydrogen (secondary N) is 1. The Kier molecular flexibility index (Phi) is 4.06. The standard InChI is InChI=1S/C13H17N5O3/c1-7-10(8(2)18(3)17-7)11(19)15-9-6-14-13(21-5)16-12(9)20-4/h6H,1-5H3,(H,15,19). The van der Waals surface area contributed by atoms with Gasteiger partial charge in [0.1, 0.15) is 5.69 Å². The number of ether oxygens (including phenoxy) is 2. The largest absolute Gasteiger partial charge is 0.479 e. The SMILES string of the molecule is COc1ncc(NC(=O)c2c(C)nn(C)c2C)c(OC)n1. The third-order valence-corrected chi connectivity index (χ3v) is 3.09. The summed E-state index contributed by atoms with van der Waals surface area (Å²) >= 11 is 0. The lowest BCUT2D eigenvalue weighted by atomic mass is 10.2. The maximum absolute atomic E-state index is 12.4. The summed E-state index contributed by atoms with van der Waals surface area (Å²) in [5.74, 6) is -0.0560. The van der Waals surface area contributed by atoms with Crippen LogP contribution in [0.4, 0.5) is 5.69 Å². The number of hydrogen-bond acceptors (Lipinski definition) is 6. The van der Waals surface area contributed by atoms with E-state index in [-0.39, 0.29) is 17.8 Å². The Hall–Kier alpha value is -2.64. The molecule has 8 nitrogen and oxygen atoms in total. The molecule has 0 fully saturated rings. The highest BCUT2D eigenvalue weighted by Crippen LogP contribution is 2.24. The van der Waals surface area contributed by atoms with Gasteiger partial charge in [0.15, 0.2) is 0 Å². The third kappa shape index (κ3) is 2.78. The molecule has 0 aromatic carbocycles. The fraction of sp³-hybridized carbons (Fsp3) is 0.385. The summed E-state index contributed by atoms with van der Waals surface area (Å²) in [6, 6.07) is 0.165. The lowest BCUT2D eigenvalue weighted by Gasteiger charge is -2.09. The van der Waals surface area contributed by atoms with Crippen LogP contribution in [0.1, 0.15) is 21.7 Å². The molecule has 2 aromatic rings. The average molecular weight is 291 g/mol. The molecule has 0 aliphatic heterocycles.